The van der Waals surface area contributed by atoms with Crippen molar-refractivity contribution in [2.24, 2.45) is 0 Å². The van der Waals surface area contributed by atoms with Crippen LogP contribution in [-0.2, 0) is 26.8 Å². The van der Waals surface area contributed by atoms with Crippen LogP contribution in [0.2, 0.25) is 10.0 Å². The van der Waals surface area contributed by atoms with Gasteiger partial charge in [-0.3, -0.25) is 4.79 Å². The third-order valence-corrected chi connectivity index (χ3v) is 7.15. The smallest absolute Gasteiger partial charge is 0.245 e. The normalized spacial score (nSPS) is 15.1. The minimum absolute atomic E-state index is 0.258. The van der Waals surface area contributed by atoms with Gasteiger partial charge in [0.1, 0.15) is 5.25 Å². The summed E-state index contributed by atoms with van der Waals surface area (Å²) in [5, 5.41) is -0.476. The van der Waals surface area contributed by atoms with E-state index in [1.165, 1.54) is 13.0 Å². The summed E-state index contributed by atoms with van der Waals surface area (Å²) in [6.07, 6.45) is 0.738. The maximum absolute atomic E-state index is 12.8. The van der Waals surface area contributed by atoms with Gasteiger partial charge in [0.2, 0.25) is 5.91 Å². The maximum atomic E-state index is 12.8. The molecule has 7 heteroatoms. The van der Waals surface area contributed by atoms with Gasteiger partial charge in [-0.05, 0) is 42.7 Å². The van der Waals surface area contributed by atoms with Crippen LogP contribution in [0.1, 0.15) is 18.1 Å². The Kier molecular flexibility index (Phi) is 5.09. The van der Waals surface area contributed by atoms with Crippen molar-refractivity contribution in [2.45, 2.75) is 24.3 Å². The molecule has 0 aromatic heterocycles. The first kappa shape index (κ1) is 18.2. The van der Waals surface area contributed by atoms with Crippen molar-refractivity contribution in [3.05, 3.63) is 63.6 Å². The lowest BCUT2D eigenvalue weighted by Gasteiger charge is -2.22. The second-order valence-electron chi connectivity index (χ2n) is 6.07. The van der Waals surface area contributed by atoms with E-state index in [4.69, 9.17) is 23.2 Å². The quantitative estimate of drug-likeness (QED) is 0.786. The highest BCUT2D eigenvalue weighted by Crippen LogP contribution is 2.29. The van der Waals surface area contributed by atoms with Crippen LogP contribution in [0, 0.1) is 0 Å². The fraction of sp³-hybridized carbons (Fsp3) is 0.278. The van der Waals surface area contributed by atoms with E-state index in [1.54, 1.807) is 17.0 Å². The number of nitrogens with zero attached hydrogens (tertiary/aromatic N) is 1. The third kappa shape index (κ3) is 3.68. The molecule has 4 nitrogen and oxygen atoms in total. The third-order valence-electron chi connectivity index (χ3n) is 4.39. The summed E-state index contributed by atoms with van der Waals surface area (Å²) in [6.45, 7) is 1.95. The molecule has 0 saturated heterocycles. The summed E-state index contributed by atoms with van der Waals surface area (Å²) >= 11 is 11.8. The molecule has 1 amide bonds. The van der Waals surface area contributed by atoms with Gasteiger partial charge in [0.25, 0.3) is 0 Å². The standard InChI is InChI=1S/C18H17Cl2NO3S/c1-12(18(22)21-9-8-14-4-2-3-5-17(14)21)25(23,24)11-13-6-7-15(19)16(20)10-13/h2-7,10,12H,8-9,11H2,1H3/t12-/m1/s1. The summed E-state index contributed by atoms with van der Waals surface area (Å²) in [6, 6.07) is 12.2. The number of carbonyl (C=O) groups is 1. The second-order valence-corrected chi connectivity index (χ2v) is 9.20. The predicted molar refractivity (Wildman–Crippen MR) is 101 cm³/mol. The number of fused-ring (bicyclic) bond motifs is 1. The van der Waals surface area contributed by atoms with Gasteiger partial charge in [-0.2, -0.15) is 0 Å². The molecule has 0 unspecified atom stereocenters. The van der Waals surface area contributed by atoms with E-state index in [0.717, 1.165) is 17.7 Å². The Balaban J connectivity index is 1.80. The predicted octanol–water partition coefficient (Wildman–Crippen LogP) is 3.89. The van der Waals surface area contributed by atoms with Gasteiger partial charge >= 0.3 is 0 Å². The number of hydrogen-bond donors (Lipinski definition) is 0. The summed E-state index contributed by atoms with van der Waals surface area (Å²) in [4.78, 5) is 14.3. The number of hydrogen-bond acceptors (Lipinski definition) is 3. The highest BCUT2D eigenvalue weighted by atomic mass is 35.5. The molecule has 1 aliphatic heterocycles. The van der Waals surface area contributed by atoms with E-state index in [0.29, 0.717) is 22.2 Å². The van der Waals surface area contributed by atoms with Gasteiger partial charge in [-0.25, -0.2) is 8.42 Å². The maximum Gasteiger partial charge on any atom is 0.245 e. The van der Waals surface area contributed by atoms with Gasteiger partial charge in [0, 0.05) is 12.2 Å². The minimum Gasteiger partial charge on any atom is -0.311 e. The van der Waals surface area contributed by atoms with Crippen LogP contribution in [0.25, 0.3) is 0 Å². The van der Waals surface area contributed by atoms with Crippen LogP contribution in [0.4, 0.5) is 5.69 Å². The molecule has 0 aliphatic carbocycles. The lowest BCUT2D eigenvalue weighted by atomic mass is 10.2. The molecule has 132 valence electrons. The molecule has 1 atom stereocenters. The van der Waals surface area contributed by atoms with E-state index in [9.17, 15) is 13.2 Å². The van der Waals surface area contributed by atoms with Crippen LogP contribution in [0.5, 0.6) is 0 Å². The number of anilines is 1. The highest BCUT2D eigenvalue weighted by Gasteiger charge is 2.34. The Morgan fingerprint density at radius 1 is 1.16 bits per heavy atom. The molecule has 0 N–H and O–H groups in total. The SMILES string of the molecule is C[C@H](C(=O)N1CCc2ccccc21)S(=O)(=O)Cc1ccc(Cl)c(Cl)c1. The number of benzene rings is 2. The first-order valence-electron chi connectivity index (χ1n) is 7.84. The average molecular weight is 398 g/mol. The topological polar surface area (TPSA) is 54.5 Å². The highest BCUT2D eigenvalue weighted by molar-refractivity contribution is 7.92. The number of rotatable bonds is 4. The Morgan fingerprint density at radius 2 is 1.88 bits per heavy atom. The Bertz CT molecular complexity index is 928. The average Bonchev–Trinajstić information content (AvgIpc) is 3.00. The molecule has 0 saturated carbocycles. The van der Waals surface area contributed by atoms with E-state index in [2.05, 4.69) is 0 Å². The molecule has 3 rings (SSSR count). The molecule has 2 aromatic carbocycles. The van der Waals surface area contributed by atoms with Crippen LogP contribution in [-0.4, -0.2) is 26.1 Å². The zero-order valence-corrected chi connectivity index (χ0v) is 15.9. The molecule has 0 spiro atoms. The van der Waals surface area contributed by atoms with Crippen molar-refractivity contribution in [1.82, 2.24) is 0 Å². The van der Waals surface area contributed by atoms with Crippen LogP contribution in [0.3, 0.4) is 0 Å². The fourth-order valence-electron chi connectivity index (χ4n) is 2.93. The van der Waals surface area contributed by atoms with E-state index < -0.39 is 21.0 Å². The first-order valence-corrected chi connectivity index (χ1v) is 10.3. The lowest BCUT2D eigenvalue weighted by molar-refractivity contribution is -0.117. The Hall–Kier alpha value is -1.56. The first-order chi connectivity index (χ1) is 11.8. The van der Waals surface area contributed by atoms with Gasteiger partial charge < -0.3 is 4.90 Å². The van der Waals surface area contributed by atoms with Crippen LogP contribution in [0.15, 0.2) is 42.5 Å². The fourth-order valence-corrected chi connectivity index (χ4v) is 4.58. The lowest BCUT2D eigenvalue weighted by Crippen LogP contribution is -2.41. The second kappa shape index (κ2) is 6.98. The largest absolute Gasteiger partial charge is 0.311 e. The summed E-state index contributed by atoms with van der Waals surface area (Å²) < 4.78 is 25.4. The summed E-state index contributed by atoms with van der Waals surface area (Å²) in [5.41, 5.74) is 2.37. The molecular weight excluding hydrogens is 381 g/mol. The summed E-state index contributed by atoms with van der Waals surface area (Å²) in [5.74, 6) is -0.656. The number of carbonyl (C=O) groups excluding carboxylic acids is 1. The van der Waals surface area contributed by atoms with Crippen LogP contribution < -0.4 is 4.90 Å². The van der Waals surface area contributed by atoms with Crippen molar-refractivity contribution in [3.63, 3.8) is 0 Å². The monoisotopic (exact) mass is 397 g/mol. The van der Waals surface area contributed by atoms with Crippen LogP contribution >= 0.6 is 23.2 Å². The van der Waals surface area contributed by atoms with E-state index in [-0.39, 0.29) is 5.75 Å². The Morgan fingerprint density at radius 3 is 2.60 bits per heavy atom. The van der Waals surface area contributed by atoms with Gasteiger partial charge in [0.15, 0.2) is 9.84 Å². The molecule has 25 heavy (non-hydrogen) atoms. The number of sulfone groups is 1. The molecule has 0 fully saturated rings. The number of amides is 1. The minimum atomic E-state index is -3.68. The number of para-hydroxylation sites is 1. The summed E-state index contributed by atoms with van der Waals surface area (Å²) in [7, 11) is -3.68. The molecule has 1 heterocycles. The zero-order valence-electron chi connectivity index (χ0n) is 13.6. The van der Waals surface area contributed by atoms with Crippen molar-refractivity contribution in [2.75, 3.05) is 11.4 Å². The molecule has 0 bridgehead atoms. The van der Waals surface area contributed by atoms with E-state index >= 15 is 0 Å². The van der Waals surface area contributed by atoms with E-state index in [1.807, 2.05) is 24.3 Å². The van der Waals surface area contributed by atoms with Gasteiger partial charge in [-0.15, -0.1) is 0 Å². The van der Waals surface area contributed by atoms with Gasteiger partial charge in [-0.1, -0.05) is 47.5 Å². The molecule has 1 aliphatic rings. The van der Waals surface area contributed by atoms with Crippen molar-refractivity contribution >= 4 is 44.6 Å². The number of halogens is 2. The van der Waals surface area contributed by atoms with Gasteiger partial charge in [0.05, 0.1) is 15.8 Å². The van der Waals surface area contributed by atoms with Crippen molar-refractivity contribution in [3.8, 4) is 0 Å². The zero-order chi connectivity index (χ0) is 18.2. The van der Waals surface area contributed by atoms with Crippen molar-refractivity contribution < 1.29 is 13.2 Å². The Labute approximate surface area is 157 Å². The molecule has 2 aromatic rings. The van der Waals surface area contributed by atoms with Crippen molar-refractivity contribution in [1.29, 1.82) is 0 Å². The molecule has 0 radical (unpaired) electrons. The molecular formula is C18H17Cl2NO3S.